The third kappa shape index (κ3) is 5.69. The standard InChI is InChI=1S/C12H13F2NO3S/c13-9-3-8(4-10(14)5-9)6-19-2-1-11(12(17)18)15-7-16/h3-5,7,11H,1-2,6H2,(H,15,16)(H,17,18). The number of hydrogen-bond donors (Lipinski definition) is 2. The monoisotopic (exact) mass is 289 g/mol. The first-order valence-corrected chi connectivity index (χ1v) is 6.63. The molecule has 0 bridgehead atoms. The SMILES string of the molecule is O=CNC(CCSCc1cc(F)cc(F)c1)C(=O)O. The number of carboxylic acid groups (broad SMARTS) is 1. The van der Waals surface area contributed by atoms with Crippen molar-refractivity contribution in [3.63, 3.8) is 0 Å². The summed E-state index contributed by atoms with van der Waals surface area (Å²) in [5.41, 5.74) is 0.498. The molecule has 1 rings (SSSR count). The average Bonchev–Trinajstić information content (AvgIpc) is 2.31. The van der Waals surface area contributed by atoms with E-state index in [9.17, 15) is 18.4 Å². The van der Waals surface area contributed by atoms with E-state index < -0.39 is 23.6 Å². The maximum atomic E-state index is 12.9. The van der Waals surface area contributed by atoms with Crippen LogP contribution >= 0.6 is 11.8 Å². The number of amides is 1. The van der Waals surface area contributed by atoms with Gasteiger partial charge in [0.25, 0.3) is 0 Å². The number of hydrogen-bond acceptors (Lipinski definition) is 3. The first-order valence-electron chi connectivity index (χ1n) is 5.48. The van der Waals surface area contributed by atoms with Crippen LogP contribution < -0.4 is 5.32 Å². The molecule has 0 aliphatic heterocycles. The van der Waals surface area contributed by atoms with Crippen LogP contribution in [0.1, 0.15) is 12.0 Å². The molecule has 1 aromatic rings. The van der Waals surface area contributed by atoms with Gasteiger partial charge >= 0.3 is 5.97 Å². The van der Waals surface area contributed by atoms with Gasteiger partial charge in [-0.2, -0.15) is 11.8 Å². The molecule has 7 heteroatoms. The fourth-order valence-electron chi connectivity index (χ4n) is 1.45. The Bertz CT molecular complexity index is 436. The highest BCUT2D eigenvalue weighted by Gasteiger charge is 2.15. The van der Waals surface area contributed by atoms with Crippen molar-refractivity contribution in [3.8, 4) is 0 Å². The van der Waals surface area contributed by atoms with Crippen LogP contribution in [0.5, 0.6) is 0 Å². The Balaban J connectivity index is 2.37. The van der Waals surface area contributed by atoms with E-state index in [4.69, 9.17) is 5.11 Å². The second-order valence-electron chi connectivity index (χ2n) is 3.79. The summed E-state index contributed by atoms with van der Waals surface area (Å²) in [7, 11) is 0. The highest BCUT2D eigenvalue weighted by Crippen LogP contribution is 2.16. The molecule has 0 fully saturated rings. The minimum absolute atomic E-state index is 0.247. The number of carbonyl (C=O) groups is 2. The molecule has 0 radical (unpaired) electrons. The molecule has 0 saturated carbocycles. The number of rotatable bonds is 8. The maximum Gasteiger partial charge on any atom is 0.326 e. The minimum Gasteiger partial charge on any atom is -0.480 e. The lowest BCUT2D eigenvalue weighted by Gasteiger charge is -2.10. The van der Waals surface area contributed by atoms with Gasteiger partial charge in [-0.15, -0.1) is 0 Å². The summed E-state index contributed by atoms with van der Waals surface area (Å²) in [4.78, 5) is 20.9. The number of aliphatic carboxylic acids is 1. The predicted molar refractivity (Wildman–Crippen MR) is 67.8 cm³/mol. The van der Waals surface area contributed by atoms with Crippen molar-refractivity contribution in [2.75, 3.05) is 5.75 Å². The molecule has 4 nitrogen and oxygen atoms in total. The van der Waals surface area contributed by atoms with Crippen molar-refractivity contribution in [1.82, 2.24) is 5.32 Å². The van der Waals surface area contributed by atoms with Crippen LogP contribution in [0.4, 0.5) is 8.78 Å². The van der Waals surface area contributed by atoms with E-state index in [0.717, 1.165) is 6.07 Å². The van der Waals surface area contributed by atoms with Crippen molar-refractivity contribution in [3.05, 3.63) is 35.4 Å². The molecule has 104 valence electrons. The van der Waals surface area contributed by atoms with Gasteiger partial charge in [0.05, 0.1) is 0 Å². The van der Waals surface area contributed by atoms with Crippen molar-refractivity contribution < 1.29 is 23.5 Å². The zero-order chi connectivity index (χ0) is 14.3. The Morgan fingerprint density at radius 1 is 1.37 bits per heavy atom. The zero-order valence-electron chi connectivity index (χ0n) is 9.94. The first-order chi connectivity index (χ1) is 9.02. The topological polar surface area (TPSA) is 66.4 Å². The van der Waals surface area contributed by atoms with Crippen LogP contribution in [0, 0.1) is 11.6 Å². The van der Waals surface area contributed by atoms with Crippen LogP contribution in [0.3, 0.4) is 0 Å². The Hall–Kier alpha value is -1.63. The number of carboxylic acids is 1. The summed E-state index contributed by atoms with van der Waals surface area (Å²) in [6, 6.07) is 2.32. The minimum atomic E-state index is -1.11. The number of carbonyl (C=O) groups excluding carboxylic acids is 1. The largest absolute Gasteiger partial charge is 0.480 e. The molecule has 0 aliphatic carbocycles. The quantitative estimate of drug-likeness (QED) is 0.565. The van der Waals surface area contributed by atoms with Gasteiger partial charge < -0.3 is 10.4 Å². The van der Waals surface area contributed by atoms with Gasteiger partial charge in [-0.1, -0.05) is 0 Å². The second kappa shape index (κ2) is 7.73. The molecule has 1 atom stereocenters. The van der Waals surface area contributed by atoms with Gasteiger partial charge in [0.2, 0.25) is 6.41 Å². The van der Waals surface area contributed by atoms with Gasteiger partial charge in [0.15, 0.2) is 0 Å². The summed E-state index contributed by atoms with van der Waals surface area (Å²) < 4.78 is 25.8. The van der Waals surface area contributed by atoms with Crippen molar-refractivity contribution in [2.45, 2.75) is 18.2 Å². The fourth-order valence-corrected chi connectivity index (χ4v) is 2.39. The summed E-state index contributed by atoms with van der Waals surface area (Å²) in [6.07, 6.45) is 0.585. The van der Waals surface area contributed by atoms with Gasteiger partial charge in [-0.05, 0) is 29.9 Å². The lowest BCUT2D eigenvalue weighted by Crippen LogP contribution is -2.36. The molecule has 0 spiro atoms. The van der Waals surface area contributed by atoms with E-state index in [2.05, 4.69) is 5.32 Å². The maximum absolute atomic E-state index is 12.9. The summed E-state index contributed by atoms with van der Waals surface area (Å²) in [6.45, 7) is 0. The third-order valence-corrected chi connectivity index (χ3v) is 3.37. The average molecular weight is 289 g/mol. The van der Waals surface area contributed by atoms with Crippen LogP contribution in [-0.4, -0.2) is 29.3 Å². The van der Waals surface area contributed by atoms with Gasteiger partial charge in [-0.3, -0.25) is 4.79 Å². The number of thioether (sulfide) groups is 1. The predicted octanol–water partition coefficient (Wildman–Crippen LogP) is 1.79. The van der Waals surface area contributed by atoms with E-state index in [1.807, 2.05) is 0 Å². The zero-order valence-corrected chi connectivity index (χ0v) is 10.8. The summed E-state index contributed by atoms with van der Waals surface area (Å²) in [5.74, 6) is -1.55. The Labute approximate surface area is 113 Å². The normalized spacial score (nSPS) is 11.9. The molecular weight excluding hydrogens is 276 g/mol. The van der Waals surface area contributed by atoms with Crippen molar-refractivity contribution in [2.24, 2.45) is 0 Å². The Kier molecular flexibility index (Phi) is 6.27. The van der Waals surface area contributed by atoms with Crippen molar-refractivity contribution >= 4 is 24.1 Å². The molecule has 0 saturated heterocycles. The highest BCUT2D eigenvalue weighted by atomic mass is 32.2. The molecule has 1 aromatic carbocycles. The molecule has 0 aromatic heterocycles. The highest BCUT2D eigenvalue weighted by molar-refractivity contribution is 7.98. The summed E-state index contributed by atoms with van der Waals surface area (Å²) >= 11 is 1.34. The molecular formula is C12H13F2NO3S. The van der Waals surface area contributed by atoms with Gasteiger partial charge in [0, 0.05) is 11.8 Å². The van der Waals surface area contributed by atoms with Gasteiger partial charge in [-0.25, -0.2) is 13.6 Å². The van der Waals surface area contributed by atoms with Crippen LogP contribution in [0.15, 0.2) is 18.2 Å². The third-order valence-electron chi connectivity index (χ3n) is 2.31. The number of nitrogens with one attached hydrogen (secondary N) is 1. The molecule has 1 unspecified atom stereocenters. The summed E-state index contributed by atoms with van der Waals surface area (Å²) in [5, 5.41) is 10.9. The number of benzene rings is 1. The lowest BCUT2D eigenvalue weighted by atomic mass is 10.2. The molecule has 0 heterocycles. The molecule has 19 heavy (non-hydrogen) atoms. The molecule has 1 amide bonds. The van der Waals surface area contributed by atoms with Crippen LogP contribution in [0.25, 0.3) is 0 Å². The Morgan fingerprint density at radius 2 is 2.00 bits per heavy atom. The second-order valence-corrected chi connectivity index (χ2v) is 4.90. The van der Waals surface area contributed by atoms with Crippen LogP contribution in [0.2, 0.25) is 0 Å². The number of halogens is 2. The van der Waals surface area contributed by atoms with E-state index in [-0.39, 0.29) is 6.42 Å². The van der Waals surface area contributed by atoms with E-state index in [1.165, 1.54) is 23.9 Å². The van der Waals surface area contributed by atoms with Crippen LogP contribution in [-0.2, 0) is 15.3 Å². The fraction of sp³-hybridized carbons (Fsp3) is 0.333. The van der Waals surface area contributed by atoms with E-state index in [0.29, 0.717) is 23.5 Å². The molecule has 2 N–H and O–H groups in total. The Morgan fingerprint density at radius 3 is 2.53 bits per heavy atom. The van der Waals surface area contributed by atoms with Crippen molar-refractivity contribution in [1.29, 1.82) is 0 Å². The molecule has 0 aliphatic rings. The lowest BCUT2D eigenvalue weighted by molar-refractivity contribution is -0.140. The van der Waals surface area contributed by atoms with E-state index >= 15 is 0 Å². The van der Waals surface area contributed by atoms with Gasteiger partial charge in [0.1, 0.15) is 17.7 Å². The first kappa shape index (κ1) is 15.4. The van der Waals surface area contributed by atoms with E-state index in [1.54, 1.807) is 0 Å². The smallest absolute Gasteiger partial charge is 0.326 e.